The predicted molar refractivity (Wildman–Crippen MR) is 161 cm³/mol. The smallest absolute Gasteiger partial charge is 0.377 e. The summed E-state index contributed by atoms with van der Waals surface area (Å²) in [6, 6.07) is 11.0. The highest BCUT2D eigenvalue weighted by Gasteiger charge is 2.46. The van der Waals surface area contributed by atoms with E-state index < -0.39 is 45.7 Å². The van der Waals surface area contributed by atoms with Crippen LogP contribution in [-0.2, 0) is 32.5 Å². The molecule has 1 N–H and O–H groups in total. The first kappa shape index (κ1) is 32.9. The van der Waals surface area contributed by atoms with Gasteiger partial charge in [0.15, 0.2) is 5.78 Å². The molecule has 0 aliphatic carbocycles. The van der Waals surface area contributed by atoms with Crippen molar-refractivity contribution in [3.05, 3.63) is 65.2 Å². The zero-order valence-corrected chi connectivity index (χ0v) is 26.1. The van der Waals surface area contributed by atoms with Crippen LogP contribution in [0.15, 0.2) is 48.5 Å². The predicted octanol–water partition coefficient (Wildman–Crippen LogP) is 3.15. The Bertz CT molecular complexity index is 1530. The fourth-order valence-electron chi connectivity index (χ4n) is 6.26. The van der Waals surface area contributed by atoms with Crippen LogP contribution in [0, 0.1) is 11.8 Å². The van der Waals surface area contributed by atoms with E-state index in [2.05, 4.69) is 5.32 Å². The van der Waals surface area contributed by atoms with Crippen LogP contribution in [0.1, 0.15) is 47.2 Å². The molecule has 0 unspecified atom stereocenters. The second-order valence-corrected chi connectivity index (χ2v) is 14.0. The quantitative estimate of drug-likeness (QED) is 0.418. The van der Waals surface area contributed by atoms with Gasteiger partial charge in [-0.3, -0.25) is 14.4 Å². The Hall–Kier alpha value is -3.49. The number of para-hydroxylation sites is 1. The fourth-order valence-corrected chi connectivity index (χ4v) is 8.05. The van der Waals surface area contributed by atoms with E-state index in [0.29, 0.717) is 43.4 Å². The normalized spacial score (nSPS) is 21.8. The molecule has 0 saturated carbocycles. The van der Waals surface area contributed by atoms with Crippen molar-refractivity contribution in [2.75, 3.05) is 51.7 Å². The summed E-state index contributed by atoms with van der Waals surface area (Å²) in [5.41, 5.74) is 1.05. The van der Waals surface area contributed by atoms with Crippen LogP contribution < -0.4 is 10.2 Å². The lowest BCUT2D eigenvalue weighted by molar-refractivity contribution is -0.142. The first-order chi connectivity index (χ1) is 21.3. The highest BCUT2D eigenvalue weighted by Crippen LogP contribution is 2.32. The van der Waals surface area contributed by atoms with Crippen LogP contribution in [0.25, 0.3) is 0 Å². The number of likely N-dealkylation sites (tertiary alicyclic amines) is 1. The molecule has 0 spiro atoms. The summed E-state index contributed by atoms with van der Waals surface area (Å²) in [6.07, 6.45) is -2.42. The SMILES string of the molecule is CN(C)c1ccccc1C(=O)C1CN(S(=O)(=O)N2CCC[C@H](C(=O)N3CCC[C@@H]3C(=O)NCc3ccc(C(F)(F)F)cc3)C2)C1. The van der Waals surface area contributed by atoms with Crippen LogP contribution >= 0.6 is 0 Å². The number of carbonyl (C=O) groups excluding carboxylic acids is 3. The van der Waals surface area contributed by atoms with Gasteiger partial charge in [0.1, 0.15) is 6.04 Å². The van der Waals surface area contributed by atoms with Crippen molar-refractivity contribution in [3.8, 4) is 0 Å². The summed E-state index contributed by atoms with van der Waals surface area (Å²) < 4.78 is 68.1. The standard InChI is InChI=1S/C31H38F3N5O5S/c1-36(2)26-9-4-3-8-25(26)28(40)23-19-38(20-23)45(43,44)37-15-5-7-22(18-37)30(42)39-16-6-10-27(39)29(41)35-17-21-11-13-24(14-12-21)31(32,33)34/h3-4,8-9,11-14,22-23,27H,5-7,10,15-20H2,1-2H3,(H,35,41)/t22-,27+/m0/s1. The van der Waals surface area contributed by atoms with Gasteiger partial charge < -0.3 is 15.1 Å². The molecule has 0 aromatic heterocycles. The van der Waals surface area contributed by atoms with Gasteiger partial charge in [0.05, 0.1) is 17.4 Å². The second-order valence-electron chi connectivity index (χ2n) is 12.1. The molecule has 2 aromatic carbocycles. The topological polar surface area (TPSA) is 110 Å². The number of anilines is 1. The van der Waals surface area contributed by atoms with E-state index in [4.69, 9.17) is 0 Å². The van der Waals surface area contributed by atoms with Crippen molar-refractivity contribution >= 4 is 33.5 Å². The van der Waals surface area contributed by atoms with E-state index in [-0.39, 0.29) is 44.4 Å². The zero-order chi connectivity index (χ0) is 32.5. The number of ketones is 1. The van der Waals surface area contributed by atoms with Crippen LogP contribution in [0.3, 0.4) is 0 Å². The molecule has 3 aliphatic heterocycles. The van der Waals surface area contributed by atoms with Gasteiger partial charge in [-0.25, -0.2) is 0 Å². The molecular weight excluding hydrogens is 611 g/mol. The van der Waals surface area contributed by atoms with E-state index in [1.807, 2.05) is 31.1 Å². The van der Waals surface area contributed by atoms with Crippen LogP contribution in [0.5, 0.6) is 0 Å². The maximum Gasteiger partial charge on any atom is 0.416 e. The molecule has 5 rings (SSSR count). The number of Topliss-reactive ketones (excluding diaryl/α,β-unsaturated/α-hetero) is 1. The molecule has 2 amide bonds. The third kappa shape index (κ3) is 7.02. The minimum absolute atomic E-state index is 0.00383. The maximum atomic E-state index is 13.6. The van der Waals surface area contributed by atoms with Gasteiger partial charge in [0.2, 0.25) is 11.8 Å². The number of benzene rings is 2. The molecule has 2 aromatic rings. The third-order valence-electron chi connectivity index (χ3n) is 8.84. The Morgan fingerprint density at radius 1 is 0.889 bits per heavy atom. The number of nitrogens with zero attached hydrogens (tertiary/aromatic N) is 4. The number of halogens is 3. The lowest BCUT2D eigenvalue weighted by atomic mass is 9.91. The molecule has 14 heteroatoms. The number of amides is 2. The third-order valence-corrected chi connectivity index (χ3v) is 10.8. The van der Waals surface area contributed by atoms with Crippen molar-refractivity contribution in [1.29, 1.82) is 0 Å². The van der Waals surface area contributed by atoms with Crippen molar-refractivity contribution in [1.82, 2.24) is 18.8 Å². The second kappa shape index (κ2) is 13.1. The minimum Gasteiger partial charge on any atom is -0.377 e. The highest BCUT2D eigenvalue weighted by molar-refractivity contribution is 7.86. The summed E-state index contributed by atoms with van der Waals surface area (Å²) in [7, 11) is -0.198. The molecular formula is C31H38F3N5O5S. The Labute approximate surface area is 261 Å². The van der Waals surface area contributed by atoms with Gasteiger partial charge in [-0.05, 0) is 55.5 Å². The van der Waals surface area contributed by atoms with E-state index in [1.54, 1.807) is 12.1 Å². The number of hydrogen-bond acceptors (Lipinski definition) is 6. The molecule has 45 heavy (non-hydrogen) atoms. The van der Waals surface area contributed by atoms with Crippen molar-refractivity contribution in [2.45, 2.75) is 44.4 Å². The Morgan fingerprint density at radius 3 is 2.20 bits per heavy atom. The Morgan fingerprint density at radius 2 is 1.53 bits per heavy atom. The summed E-state index contributed by atoms with van der Waals surface area (Å²) in [5, 5.41) is 2.73. The van der Waals surface area contributed by atoms with E-state index >= 15 is 0 Å². The van der Waals surface area contributed by atoms with E-state index in [0.717, 1.165) is 17.8 Å². The van der Waals surface area contributed by atoms with Gasteiger partial charge >= 0.3 is 6.18 Å². The van der Waals surface area contributed by atoms with Gasteiger partial charge in [-0.15, -0.1) is 0 Å². The minimum atomic E-state index is -4.45. The van der Waals surface area contributed by atoms with Gasteiger partial charge in [0, 0.05) is 64.6 Å². The largest absolute Gasteiger partial charge is 0.416 e. The van der Waals surface area contributed by atoms with Crippen molar-refractivity contribution in [3.63, 3.8) is 0 Å². The van der Waals surface area contributed by atoms with Crippen LogP contribution in [-0.4, -0.2) is 92.4 Å². The van der Waals surface area contributed by atoms with Gasteiger partial charge in [0.25, 0.3) is 10.2 Å². The summed E-state index contributed by atoms with van der Waals surface area (Å²) in [5.74, 6) is -1.83. The number of nitrogens with one attached hydrogen (secondary N) is 1. The lowest BCUT2D eigenvalue weighted by Crippen LogP contribution is -2.59. The summed E-state index contributed by atoms with van der Waals surface area (Å²) in [6.45, 7) is 0.796. The monoisotopic (exact) mass is 649 g/mol. The lowest BCUT2D eigenvalue weighted by Gasteiger charge is -2.42. The van der Waals surface area contributed by atoms with Gasteiger partial charge in [-0.2, -0.15) is 30.2 Å². The number of alkyl halides is 3. The number of rotatable bonds is 9. The average Bonchev–Trinajstić information content (AvgIpc) is 3.48. The molecule has 10 nitrogen and oxygen atoms in total. The summed E-state index contributed by atoms with van der Waals surface area (Å²) >= 11 is 0. The average molecular weight is 650 g/mol. The number of carbonyl (C=O) groups is 3. The highest BCUT2D eigenvalue weighted by atomic mass is 32.2. The maximum absolute atomic E-state index is 13.6. The molecule has 3 saturated heterocycles. The van der Waals surface area contributed by atoms with Crippen LogP contribution in [0.4, 0.5) is 18.9 Å². The molecule has 244 valence electrons. The number of piperidine rings is 1. The molecule has 3 heterocycles. The first-order valence-electron chi connectivity index (χ1n) is 15.1. The Balaban J connectivity index is 1.16. The summed E-state index contributed by atoms with van der Waals surface area (Å²) in [4.78, 5) is 43.1. The van der Waals surface area contributed by atoms with E-state index in [9.17, 15) is 36.0 Å². The van der Waals surface area contributed by atoms with Crippen LogP contribution in [0.2, 0.25) is 0 Å². The molecule has 0 radical (unpaired) electrons. The van der Waals surface area contributed by atoms with Crippen molar-refractivity contribution < 1.29 is 36.0 Å². The van der Waals surface area contributed by atoms with Crippen molar-refractivity contribution in [2.24, 2.45) is 11.8 Å². The molecule has 2 atom stereocenters. The number of hydrogen-bond donors (Lipinski definition) is 1. The zero-order valence-electron chi connectivity index (χ0n) is 25.3. The van der Waals surface area contributed by atoms with Gasteiger partial charge in [-0.1, -0.05) is 24.3 Å². The fraction of sp³-hybridized carbons (Fsp3) is 0.516. The van der Waals surface area contributed by atoms with E-state index in [1.165, 1.54) is 25.6 Å². The first-order valence-corrected chi connectivity index (χ1v) is 16.5. The molecule has 3 fully saturated rings. The Kier molecular flexibility index (Phi) is 9.57. The molecule has 3 aliphatic rings. The molecule has 0 bridgehead atoms.